The monoisotopic (exact) mass is 340 g/mol. The van der Waals surface area contributed by atoms with Crippen molar-refractivity contribution in [3.05, 3.63) is 62.1 Å². The smallest absolute Gasteiger partial charge is 0.228 e. The van der Waals surface area contributed by atoms with Crippen LogP contribution in [0.2, 0.25) is 15.1 Å². The van der Waals surface area contributed by atoms with Gasteiger partial charge in [-0.1, -0.05) is 34.8 Å². The van der Waals surface area contributed by atoms with Crippen LogP contribution in [-0.2, 0) is 11.2 Å². The Hall–Kier alpha value is -1.26. The van der Waals surface area contributed by atoms with E-state index in [1.165, 1.54) is 0 Å². The van der Waals surface area contributed by atoms with Crippen LogP contribution < -0.4 is 11.1 Å². The molecule has 2 aromatic rings. The topological polar surface area (TPSA) is 55.1 Å². The fraction of sp³-hybridized carbons (Fsp3) is 0.133. The third-order valence-electron chi connectivity index (χ3n) is 3.43. The van der Waals surface area contributed by atoms with Crippen molar-refractivity contribution in [2.75, 3.05) is 5.32 Å². The number of carbonyl (C=O) groups is 1. The van der Waals surface area contributed by atoms with Crippen LogP contribution >= 0.6 is 34.8 Å². The minimum atomic E-state index is -0.463. The van der Waals surface area contributed by atoms with Gasteiger partial charge in [-0.25, -0.2) is 0 Å². The molecule has 3 N–H and O–H groups in total. The lowest BCUT2D eigenvalue weighted by Crippen LogP contribution is -2.13. The first-order valence-corrected chi connectivity index (χ1v) is 7.41. The fourth-order valence-electron chi connectivity index (χ4n) is 2.44. The van der Waals surface area contributed by atoms with E-state index in [0.29, 0.717) is 21.5 Å². The van der Waals surface area contributed by atoms with E-state index >= 15 is 0 Å². The Labute approximate surface area is 137 Å². The molecule has 108 valence electrons. The Kier molecular flexibility index (Phi) is 3.84. The van der Waals surface area contributed by atoms with Crippen molar-refractivity contribution in [3.8, 4) is 0 Å². The molecular formula is C15H11Cl3N2O. The van der Waals surface area contributed by atoms with E-state index in [2.05, 4.69) is 5.32 Å². The largest absolute Gasteiger partial charge is 0.325 e. The van der Waals surface area contributed by atoms with Crippen LogP contribution in [-0.4, -0.2) is 5.91 Å². The van der Waals surface area contributed by atoms with E-state index in [1.54, 1.807) is 24.3 Å². The molecule has 1 heterocycles. The molecule has 6 heteroatoms. The number of hydrogen-bond acceptors (Lipinski definition) is 2. The zero-order chi connectivity index (χ0) is 15.1. The zero-order valence-corrected chi connectivity index (χ0v) is 13.1. The summed E-state index contributed by atoms with van der Waals surface area (Å²) in [7, 11) is 0. The average Bonchev–Trinajstić information content (AvgIpc) is 2.75. The van der Waals surface area contributed by atoms with Gasteiger partial charge < -0.3 is 11.1 Å². The summed E-state index contributed by atoms with van der Waals surface area (Å²) >= 11 is 18.3. The molecule has 2 aromatic carbocycles. The van der Waals surface area contributed by atoms with Crippen LogP contribution in [0.4, 0.5) is 5.69 Å². The van der Waals surface area contributed by atoms with Crippen LogP contribution in [0.1, 0.15) is 22.7 Å². The zero-order valence-electron chi connectivity index (χ0n) is 10.8. The number of nitrogens with two attached hydrogens (primary N) is 1. The van der Waals surface area contributed by atoms with Gasteiger partial charge in [0, 0.05) is 20.8 Å². The normalized spacial score (nSPS) is 14.8. The highest BCUT2D eigenvalue weighted by molar-refractivity contribution is 6.34. The van der Waals surface area contributed by atoms with Crippen LogP contribution in [0.3, 0.4) is 0 Å². The number of hydrogen-bond donors (Lipinski definition) is 2. The first-order valence-electron chi connectivity index (χ1n) is 6.28. The number of carbonyl (C=O) groups excluding carboxylic acids is 1. The molecule has 0 radical (unpaired) electrons. The molecule has 1 aliphatic heterocycles. The van der Waals surface area contributed by atoms with Gasteiger partial charge in [-0.15, -0.1) is 0 Å². The first kappa shape index (κ1) is 14.7. The van der Waals surface area contributed by atoms with Gasteiger partial charge in [0.05, 0.1) is 12.5 Å². The molecule has 0 spiro atoms. The Bertz CT molecular complexity index is 726. The highest BCUT2D eigenvalue weighted by atomic mass is 35.5. The highest BCUT2D eigenvalue weighted by Gasteiger charge is 2.22. The molecule has 1 amide bonds. The predicted octanol–water partition coefficient (Wildman–Crippen LogP) is 4.19. The molecule has 0 saturated carbocycles. The van der Waals surface area contributed by atoms with Crippen molar-refractivity contribution >= 4 is 46.4 Å². The highest BCUT2D eigenvalue weighted by Crippen LogP contribution is 2.35. The average molecular weight is 342 g/mol. The van der Waals surface area contributed by atoms with Gasteiger partial charge in [-0.3, -0.25) is 4.79 Å². The lowest BCUT2D eigenvalue weighted by molar-refractivity contribution is -0.115. The lowest BCUT2D eigenvalue weighted by atomic mass is 9.97. The van der Waals surface area contributed by atoms with E-state index in [4.69, 9.17) is 40.5 Å². The van der Waals surface area contributed by atoms with Crippen molar-refractivity contribution in [1.82, 2.24) is 0 Å². The number of nitrogens with one attached hydrogen (secondary N) is 1. The van der Waals surface area contributed by atoms with Gasteiger partial charge in [-0.2, -0.15) is 0 Å². The third-order valence-corrected chi connectivity index (χ3v) is 4.19. The van der Waals surface area contributed by atoms with E-state index in [0.717, 1.165) is 22.4 Å². The summed E-state index contributed by atoms with van der Waals surface area (Å²) in [6.45, 7) is 0. The SMILES string of the molecule is NC(c1cc(Cl)cc(Cl)c1)c1cc2c(cc1Cl)NC(=O)C2. The second-order valence-corrected chi connectivity index (χ2v) is 6.22. The van der Waals surface area contributed by atoms with E-state index in [-0.39, 0.29) is 5.91 Å². The maximum Gasteiger partial charge on any atom is 0.228 e. The molecule has 0 fully saturated rings. The number of benzene rings is 2. The third kappa shape index (κ3) is 2.87. The molecule has 0 aromatic heterocycles. The van der Waals surface area contributed by atoms with Crippen LogP contribution in [0.5, 0.6) is 0 Å². The summed E-state index contributed by atoms with van der Waals surface area (Å²) in [5.74, 6) is -0.0439. The standard InChI is InChI=1S/C15H11Cl3N2O/c16-9-1-8(2-10(17)5-9)15(19)11-3-7-4-14(21)20-13(7)6-12(11)18/h1-3,5-6,15H,4,19H2,(H,20,21). The minimum Gasteiger partial charge on any atom is -0.325 e. The summed E-state index contributed by atoms with van der Waals surface area (Å²) in [5.41, 5.74) is 9.42. The molecule has 0 bridgehead atoms. The number of anilines is 1. The van der Waals surface area contributed by atoms with Crippen molar-refractivity contribution in [3.63, 3.8) is 0 Å². The molecule has 0 aliphatic carbocycles. The van der Waals surface area contributed by atoms with Gasteiger partial charge in [-0.05, 0) is 47.0 Å². The number of fused-ring (bicyclic) bond motifs is 1. The molecule has 3 nitrogen and oxygen atoms in total. The van der Waals surface area contributed by atoms with Gasteiger partial charge >= 0.3 is 0 Å². The Balaban J connectivity index is 2.04. The summed E-state index contributed by atoms with van der Waals surface area (Å²) in [6, 6.07) is 8.27. The molecule has 3 rings (SSSR count). The second-order valence-electron chi connectivity index (χ2n) is 4.94. The number of halogens is 3. The van der Waals surface area contributed by atoms with Gasteiger partial charge in [0.2, 0.25) is 5.91 Å². The predicted molar refractivity (Wildman–Crippen MR) is 86.3 cm³/mol. The lowest BCUT2D eigenvalue weighted by Gasteiger charge is -2.16. The Morgan fingerprint density at radius 1 is 1.05 bits per heavy atom. The van der Waals surface area contributed by atoms with E-state index < -0.39 is 6.04 Å². The van der Waals surface area contributed by atoms with Crippen LogP contribution in [0, 0.1) is 0 Å². The Morgan fingerprint density at radius 2 is 1.71 bits per heavy atom. The second kappa shape index (κ2) is 5.50. The first-order chi connectivity index (χ1) is 9.94. The summed E-state index contributed by atoms with van der Waals surface area (Å²) in [4.78, 5) is 11.4. The molecule has 21 heavy (non-hydrogen) atoms. The van der Waals surface area contributed by atoms with Gasteiger partial charge in [0.25, 0.3) is 0 Å². The molecule has 0 saturated heterocycles. The molecular weight excluding hydrogens is 331 g/mol. The maximum absolute atomic E-state index is 11.4. The summed E-state index contributed by atoms with van der Waals surface area (Å²) in [6.07, 6.45) is 0.336. The summed E-state index contributed by atoms with van der Waals surface area (Å²) in [5, 5.41) is 4.29. The number of rotatable bonds is 2. The van der Waals surface area contributed by atoms with E-state index in [9.17, 15) is 4.79 Å². The fourth-order valence-corrected chi connectivity index (χ4v) is 3.26. The molecule has 1 atom stereocenters. The van der Waals surface area contributed by atoms with Crippen molar-refractivity contribution in [2.45, 2.75) is 12.5 Å². The van der Waals surface area contributed by atoms with Gasteiger partial charge in [0.15, 0.2) is 0 Å². The van der Waals surface area contributed by atoms with Crippen molar-refractivity contribution in [1.29, 1.82) is 0 Å². The summed E-state index contributed by atoms with van der Waals surface area (Å²) < 4.78 is 0. The Morgan fingerprint density at radius 3 is 2.38 bits per heavy atom. The molecule has 1 unspecified atom stereocenters. The maximum atomic E-state index is 11.4. The van der Waals surface area contributed by atoms with Crippen molar-refractivity contribution < 1.29 is 4.79 Å². The number of amides is 1. The van der Waals surface area contributed by atoms with Crippen LogP contribution in [0.25, 0.3) is 0 Å². The van der Waals surface area contributed by atoms with Gasteiger partial charge in [0.1, 0.15) is 0 Å². The van der Waals surface area contributed by atoms with E-state index in [1.807, 2.05) is 6.07 Å². The van der Waals surface area contributed by atoms with Crippen LogP contribution in [0.15, 0.2) is 30.3 Å². The minimum absolute atomic E-state index is 0.0439. The quantitative estimate of drug-likeness (QED) is 0.860. The van der Waals surface area contributed by atoms with Crippen molar-refractivity contribution in [2.24, 2.45) is 5.73 Å². The molecule has 1 aliphatic rings.